The molecule has 0 aliphatic carbocycles. The first-order chi connectivity index (χ1) is 6.08. The lowest BCUT2D eigenvalue weighted by Crippen LogP contribution is -2.56. The highest BCUT2D eigenvalue weighted by Crippen LogP contribution is 2.32. The van der Waals surface area contributed by atoms with Crippen LogP contribution >= 0.6 is 0 Å². The van der Waals surface area contributed by atoms with Crippen molar-refractivity contribution in [2.75, 3.05) is 0 Å². The van der Waals surface area contributed by atoms with Crippen molar-refractivity contribution in [1.29, 1.82) is 0 Å². The molecule has 0 saturated carbocycles. The molecule has 0 aliphatic heterocycles. The fraction of sp³-hybridized carbons (Fsp3) is 0.778. The molecule has 82 valence electrons. The SMILES string of the molecule is CC(C)(C)C(C)(CC(N)=O)NC(=O)O. The Labute approximate surface area is 83.7 Å². The zero-order valence-corrected chi connectivity index (χ0v) is 9.05. The first-order valence-corrected chi connectivity index (χ1v) is 4.38. The van der Waals surface area contributed by atoms with Crippen LogP contribution in [0.1, 0.15) is 34.1 Å². The third-order valence-electron chi connectivity index (χ3n) is 2.57. The topological polar surface area (TPSA) is 92.4 Å². The summed E-state index contributed by atoms with van der Waals surface area (Å²) in [5.74, 6) is -0.517. The quantitative estimate of drug-likeness (QED) is 0.635. The summed E-state index contributed by atoms with van der Waals surface area (Å²) in [4.78, 5) is 21.4. The van der Waals surface area contributed by atoms with E-state index >= 15 is 0 Å². The minimum Gasteiger partial charge on any atom is -0.465 e. The fourth-order valence-corrected chi connectivity index (χ4v) is 1.08. The van der Waals surface area contributed by atoms with E-state index in [1.807, 2.05) is 20.8 Å². The molecule has 14 heavy (non-hydrogen) atoms. The first kappa shape index (κ1) is 12.7. The Kier molecular flexibility index (Phi) is 3.51. The largest absolute Gasteiger partial charge is 0.465 e. The Balaban J connectivity index is 4.85. The molecule has 0 aromatic rings. The zero-order valence-electron chi connectivity index (χ0n) is 9.05. The maximum absolute atomic E-state index is 10.8. The van der Waals surface area contributed by atoms with E-state index < -0.39 is 17.5 Å². The molecular formula is C9H18N2O3. The number of carboxylic acid groups (broad SMARTS) is 1. The number of rotatable bonds is 3. The third-order valence-corrected chi connectivity index (χ3v) is 2.57. The summed E-state index contributed by atoms with van der Waals surface area (Å²) in [6, 6.07) is 0. The number of hydrogen-bond donors (Lipinski definition) is 3. The van der Waals surface area contributed by atoms with Crippen LogP contribution in [-0.4, -0.2) is 22.6 Å². The summed E-state index contributed by atoms with van der Waals surface area (Å²) in [6.45, 7) is 7.23. The van der Waals surface area contributed by atoms with Crippen LogP contribution in [0.3, 0.4) is 0 Å². The standard InChI is InChI=1S/C9H18N2O3/c1-8(2,3)9(4,5-6(10)12)11-7(13)14/h11H,5H2,1-4H3,(H2,10,12)(H,13,14). The minimum atomic E-state index is -1.15. The van der Waals surface area contributed by atoms with Crippen molar-refractivity contribution >= 4 is 12.0 Å². The Bertz CT molecular complexity index is 227. The molecule has 0 saturated heterocycles. The predicted octanol–water partition coefficient (Wildman–Crippen LogP) is 0.934. The molecule has 0 aromatic heterocycles. The van der Waals surface area contributed by atoms with Crippen LogP contribution in [0, 0.1) is 5.41 Å². The van der Waals surface area contributed by atoms with Gasteiger partial charge in [-0.1, -0.05) is 20.8 Å². The van der Waals surface area contributed by atoms with Gasteiger partial charge < -0.3 is 16.2 Å². The second-order valence-corrected chi connectivity index (χ2v) is 4.66. The maximum atomic E-state index is 10.8. The molecule has 1 atom stereocenters. The van der Waals surface area contributed by atoms with E-state index in [2.05, 4.69) is 5.32 Å². The van der Waals surface area contributed by atoms with Gasteiger partial charge in [-0.2, -0.15) is 0 Å². The van der Waals surface area contributed by atoms with E-state index in [0.717, 1.165) is 0 Å². The van der Waals surface area contributed by atoms with Gasteiger partial charge in [-0.25, -0.2) is 4.79 Å². The van der Waals surface area contributed by atoms with E-state index in [9.17, 15) is 9.59 Å². The van der Waals surface area contributed by atoms with Crippen molar-refractivity contribution in [1.82, 2.24) is 5.32 Å². The molecule has 0 radical (unpaired) electrons. The lowest BCUT2D eigenvalue weighted by atomic mass is 9.73. The molecule has 0 bridgehead atoms. The predicted molar refractivity (Wildman–Crippen MR) is 52.8 cm³/mol. The number of hydrogen-bond acceptors (Lipinski definition) is 2. The van der Waals surface area contributed by atoms with Gasteiger partial charge in [-0.15, -0.1) is 0 Å². The summed E-state index contributed by atoms with van der Waals surface area (Å²) in [6.07, 6.45) is -1.16. The van der Waals surface area contributed by atoms with Crippen molar-refractivity contribution in [3.63, 3.8) is 0 Å². The van der Waals surface area contributed by atoms with Crippen molar-refractivity contribution < 1.29 is 14.7 Å². The van der Waals surface area contributed by atoms with Gasteiger partial charge in [0.1, 0.15) is 0 Å². The van der Waals surface area contributed by atoms with Crippen molar-refractivity contribution in [2.24, 2.45) is 11.1 Å². The van der Waals surface area contributed by atoms with Crippen LogP contribution in [0.2, 0.25) is 0 Å². The van der Waals surface area contributed by atoms with E-state index in [0.29, 0.717) is 0 Å². The van der Waals surface area contributed by atoms with E-state index in [1.54, 1.807) is 6.92 Å². The molecule has 0 spiro atoms. The van der Waals surface area contributed by atoms with Crippen LogP contribution in [0.15, 0.2) is 0 Å². The van der Waals surface area contributed by atoms with Gasteiger partial charge in [-0.05, 0) is 12.3 Å². The van der Waals surface area contributed by atoms with Gasteiger partial charge in [0.2, 0.25) is 5.91 Å². The molecule has 2 amide bonds. The van der Waals surface area contributed by atoms with Crippen LogP contribution in [0.5, 0.6) is 0 Å². The zero-order chi connectivity index (χ0) is 11.6. The Hall–Kier alpha value is -1.26. The molecule has 0 fully saturated rings. The Morgan fingerprint density at radius 3 is 1.93 bits per heavy atom. The van der Waals surface area contributed by atoms with Crippen LogP contribution in [-0.2, 0) is 4.79 Å². The molecule has 5 nitrogen and oxygen atoms in total. The highest BCUT2D eigenvalue weighted by Gasteiger charge is 2.40. The second-order valence-electron chi connectivity index (χ2n) is 4.66. The van der Waals surface area contributed by atoms with Gasteiger partial charge >= 0.3 is 6.09 Å². The summed E-state index contributed by atoms with van der Waals surface area (Å²) < 4.78 is 0. The molecule has 5 heteroatoms. The van der Waals surface area contributed by atoms with Crippen LogP contribution in [0.25, 0.3) is 0 Å². The lowest BCUT2D eigenvalue weighted by Gasteiger charge is -2.40. The molecule has 1 unspecified atom stereocenters. The Morgan fingerprint density at radius 2 is 1.71 bits per heavy atom. The highest BCUT2D eigenvalue weighted by atomic mass is 16.4. The number of carbonyl (C=O) groups excluding carboxylic acids is 1. The average Bonchev–Trinajstić information content (AvgIpc) is 1.78. The van der Waals surface area contributed by atoms with Gasteiger partial charge in [-0.3, -0.25) is 4.79 Å². The molecule has 0 rings (SSSR count). The maximum Gasteiger partial charge on any atom is 0.405 e. The van der Waals surface area contributed by atoms with E-state index in [-0.39, 0.29) is 11.8 Å². The average molecular weight is 202 g/mol. The summed E-state index contributed by atoms with van der Waals surface area (Å²) >= 11 is 0. The summed E-state index contributed by atoms with van der Waals surface area (Å²) in [5.41, 5.74) is 3.86. The van der Waals surface area contributed by atoms with Crippen molar-refractivity contribution in [3.8, 4) is 0 Å². The van der Waals surface area contributed by atoms with Gasteiger partial charge in [0.25, 0.3) is 0 Å². The monoisotopic (exact) mass is 202 g/mol. The lowest BCUT2D eigenvalue weighted by molar-refractivity contribution is -0.120. The summed E-state index contributed by atoms with van der Waals surface area (Å²) in [7, 11) is 0. The molecule has 0 aliphatic rings. The smallest absolute Gasteiger partial charge is 0.405 e. The minimum absolute atomic E-state index is 0.0111. The van der Waals surface area contributed by atoms with Crippen molar-refractivity contribution in [3.05, 3.63) is 0 Å². The highest BCUT2D eigenvalue weighted by molar-refractivity contribution is 5.76. The van der Waals surface area contributed by atoms with Gasteiger partial charge in [0, 0.05) is 6.42 Å². The molecule has 0 heterocycles. The molecule has 4 N–H and O–H groups in total. The van der Waals surface area contributed by atoms with Gasteiger partial charge in [0.15, 0.2) is 0 Å². The van der Waals surface area contributed by atoms with E-state index in [4.69, 9.17) is 10.8 Å². The number of primary amides is 1. The number of amides is 2. The molecular weight excluding hydrogens is 184 g/mol. The first-order valence-electron chi connectivity index (χ1n) is 4.38. The number of carbonyl (C=O) groups is 2. The summed E-state index contributed by atoms with van der Waals surface area (Å²) in [5, 5.41) is 11.0. The Morgan fingerprint density at radius 1 is 1.29 bits per heavy atom. The van der Waals surface area contributed by atoms with Crippen LogP contribution < -0.4 is 11.1 Å². The van der Waals surface area contributed by atoms with Crippen LogP contribution in [0.4, 0.5) is 4.79 Å². The normalized spacial score (nSPS) is 15.7. The fourth-order valence-electron chi connectivity index (χ4n) is 1.08. The molecule has 0 aromatic carbocycles. The second kappa shape index (κ2) is 3.86. The van der Waals surface area contributed by atoms with Crippen molar-refractivity contribution in [2.45, 2.75) is 39.7 Å². The number of nitrogens with one attached hydrogen (secondary N) is 1. The number of nitrogens with two attached hydrogens (primary N) is 1. The third kappa shape index (κ3) is 3.24. The van der Waals surface area contributed by atoms with Gasteiger partial charge in [0.05, 0.1) is 5.54 Å². The van der Waals surface area contributed by atoms with E-state index in [1.165, 1.54) is 0 Å².